The number of benzene rings is 1. The molecule has 0 aromatic heterocycles. The fraction of sp³-hybridized carbons (Fsp3) is 0.0833. The molecule has 13 heavy (non-hydrogen) atoms. The van der Waals surface area contributed by atoms with Crippen molar-refractivity contribution in [2.45, 2.75) is 6.92 Å². The minimum atomic E-state index is 0.715. The van der Waals surface area contributed by atoms with E-state index in [0.29, 0.717) is 5.57 Å². The molecule has 0 fully saturated rings. The number of nitrogens with zero attached hydrogens (tertiary/aromatic N) is 1. The summed E-state index contributed by atoms with van der Waals surface area (Å²) in [5.41, 5.74) is 1.86. The molecular weight excluding hydrogens is 158 g/mol. The monoisotopic (exact) mass is 169 g/mol. The van der Waals surface area contributed by atoms with Gasteiger partial charge in [0, 0.05) is 5.57 Å². The van der Waals surface area contributed by atoms with Crippen LogP contribution in [0.4, 0.5) is 0 Å². The quantitative estimate of drug-likeness (QED) is 0.492. The first-order valence-corrected chi connectivity index (χ1v) is 4.13. The summed E-state index contributed by atoms with van der Waals surface area (Å²) in [5, 5.41) is 8.48. The van der Waals surface area contributed by atoms with Crippen LogP contribution in [0.1, 0.15) is 12.5 Å². The Bertz CT molecular complexity index is 352. The molecule has 1 aromatic rings. The first kappa shape index (κ1) is 9.28. The highest BCUT2D eigenvalue weighted by Crippen LogP contribution is 2.01. The van der Waals surface area contributed by atoms with Gasteiger partial charge in [0.2, 0.25) is 0 Å². The first-order valence-electron chi connectivity index (χ1n) is 4.13. The predicted molar refractivity (Wildman–Crippen MR) is 54.8 cm³/mol. The molecule has 0 aliphatic rings. The van der Waals surface area contributed by atoms with E-state index in [9.17, 15) is 0 Å². The van der Waals surface area contributed by atoms with Gasteiger partial charge < -0.3 is 0 Å². The van der Waals surface area contributed by atoms with Gasteiger partial charge in [-0.1, -0.05) is 42.5 Å². The minimum absolute atomic E-state index is 0.715. The van der Waals surface area contributed by atoms with Crippen molar-refractivity contribution in [2.75, 3.05) is 0 Å². The van der Waals surface area contributed by atoms with Crippen LogP contribution >= 0.6 is 0 Å². The van der Waals surface area contributed by atoms with E-state index in [1.807, 2.05) is 42.5 Å². The molecule has 0 unspecified atom stereocenters. The van der Waals surface area contributed by atoms with Crippen LogP contribution in [0.5, 0.6) is 0 Å². The Balaban J connectivity index is 2.66. The van der Waals surface area contributed by atoms with Crippen molar-refractivity contribution in [1.82, 2.24) is 0 Å². The molecule has 0 bridgehead atoms. The molecule has 1 heteroatoms. The zero-order chi connectivity index (χ0) is 9.52. The van der Waals surface area contributed by atoms with Gasteiger partial charge in [-0.05, 0) is 18.6 Å². The Labute approximate surface area is 78.6 Å². The molecule has 0 aliphatic carbocycles. The maximum atomic E-state index is 8.48. The molecule has 0 atom stereocenters. The molecule has 0 aliphatic heterocycles. The predicted octanol–water partition coefficient (Wildman–Crippen LogP) is 3.17. The summed E-state index contributed by atoms with van der Waals surface area (Å²) >= 11 is 0. The molecular formula is C12H11N. The first-order chi connectivity index (χ1) is 6.33. The van der Waals surface area contributed by atoms with Gasteiger partial charge in [-0.2, -0.15) is 5.26 Å². The lowest BCUT2D eigenvalue weighted by Crippen LogP contribution is -1.68. The average Bonchev–Trinajstić information content (AvgIpc) is 2.19. The van der Waals surface area contributed by atoms with E-state index in [4.69, 9.17) is 5.26 Å². The van der Waals surface area contributed by atoms with Crippen LogP contribution in [-0.2, 0) is 0 Å². The largest absolute Gasteiger partial charge is 0.193 e. The molecule has 0 heterocycles. The smallest absolute Gasteiger partial charge is 0.0944 e. The van der Waals surface area contributed by atoms with Crippen molar-refractivity contribution in [3.05, 3.63) is 53.6 Å². The number of hydrogen-bond acceptors (Lipinski definition) is 1. The van der Waals surface area contributed by atoms with Gasteiger partial charge in [0.05, 0.1) is 6.07 Å². The number of nitriles is 1. The van der Waals surface area contributed by atoms with Crippen LogP contribution in [0, 0.1) is 11.3 Å². The fourth-order valence-electron chi connectivity index (χ4n) is 0.905. The van der Waals surface area contributed by atoms with Crippen molar-refractivity contribution in [3.8, 4) is 6.07 Å². The average molecular weight is 169 g/mol. The van der Waals surface area contributed by atoms with Gasteiger partial charge in [-0.25, -0.2) is 0 Å². The van der Waals surface area contributed by atoms with Crippen molar-refractivity contribution in [1.29, 1.82) is 5.26 Å². The highest BCUT2D eigenvalue weighted by molar-refractivity contribution is 5.51. The second kappa shape index (κ2) is 4.95. The highest BCUT2D eigenvalue weighted by Gasteiger charge is 1.81. The Morgan fingerprint density at radius 1 is 1.31 bits per heavy atom. The zero-order valence-electron chi connectivity index (χ0n) is 7.57. The molecule has 0 saturated heterocycles. The van der Waals surface area contributed by atoms with Gasteiger partial charge in [0.1, 0.15) is 0 Å². The zero-order valence-corrected chi connectivity index (χ0v) is 7.57. The van der Waals surface area contributed by atoms with Crippen molar-refractivity contribution < 1.29 is 0 Å². The summed E-state index contributed by atoms with van der Waals surface area (Å²) in [6.45, 7) is 1.79. The Morgan fingerprint density at radius 2 is 2.00 bits per heavy atom. The van der Waals surface area contributed by atoms with E-state index in [-0.39, 0.29) is 0 Å². The van der Waals surface area contributed by atoms with Crippen molar-refractivity contribution in [2.24, 2.45) is 0 Å². The van der Waals surface area contributed by atoms with E-state index in [1.165, 1.54) is 0 Å². The molecule has 0 radical (unpaired) electrons. The summed E-state index contributed by atoms with van der Waals surface area (Å²) in [6.07, 6.45) is 5.65. The van der Waals surface area contributed by atoms with Gasteiger partial charge in [-0.15, -0.1) is 0 Å². The van der Waals surface area contributed by atoms with E-state index in [0.717, 1.165) is 5.56 Å². The van der Waals surface area contributed by atoms with Gasteiger partial charge in [0.25, 0.3) is 0 Å². The van der Waals surface area contributed by atoms with Crippen molar-refractivity contribution in [3.63, 3.8) is 0 Å². The molecule has 1 rings (SSSR count). The van der Waals surface area contributed by atoms with E-state index < -0.39 is 0 Å². The van der Waals surface area contributed by atoms with Crippen LogP contribution in [0.25, 0.3) is 6.08 Å². The Morgan fingerprint density at radius 3 is 2.62 bits per heavy atom. The number of rotatable bonds is 2. The third-order valence-electron chi connectivity index (χ3n) is 1.61. The van der Waals surface area contributed by atoms with Crippen LogP contribution in [-0.4, -0.2) is 0 Å². The maximum absolute atomic E-state index is 8.48. The highest BCUT2D eigenvalue weighted by atomic mass is 14.2. The SMILES string of the molecule is C/C(C#N)=C\C=C\c1ccccc1. The second-order valence-electron chi connectivity index (χ2n) is 2.73. The lowest BCUT2D eigenvalue weighted by atomic mass is 10.2. The standard InChI is InChI=1S/C12H11N/c1-11(10-13)6-5-9-12-7-3-2-4-8-12/h2-9H,1H3/b9-5+,11-6+. The minimum Gasteiger partial charge on any atom is -0.193 e. The Hall–Kier alpha value is -1.81. The number of allylic oxidation sites excluding steroid dienone is 3. The van der Waals surface area contributed by atoms with Gasteiger partial charge in [-0.3, -0.25) is 0 Å². The fourth-order valence-corrected chi connectivity index (χ4v) is 0.905. The molecule has 0 N–H and O–H groups in total. The molecule has 1 aromatic carbocycles. The molecule has 0 spiro atoms. The van der Waals surface area contributed by atoms with Crippen molar-refractivity contribution >= 4 is 6.08 Å². The second-order valence-corrected chi connectivity index (χ2v) is 2.73. The summed E-state index contributed by atoms with van der Waals surface area (Å²) in [4.78, 5) is 0. The molecule has 0 saturated carbocycles. The Kier molecular flexibility index (Phi) is 3.53. The third-order valence-corrected chi connectivity index (χ3v) is 1.61. The molecule has 1 nitrogen and oxygen atoms in total. The van der Waals surface area contributed by atoms with Crippen LogP contribution in [0.3, 0.4) is 0 Å². The summed E-state index contributed by atoms with van der Waals surface area (Å²) in [7, 11) is 0. The lowest BCUT2D eigenvalue weighted by molar-refractivity contribution is 1.44. The van der Waals surface area contributed by atoms with E-state index >= 15 is 0 Å². The third kappa shape index (κ3) is 3.39. The summed E-state index contributed by atoms with van der Waals surface area (Å²) < 4.78 is 0. The van der Waals surface area contributed by atoms with Gasteiger partial charge in [0.15, 0.2) is 0 Å². The van der Waals surface area contributed by atoms with Gasteiger partial charge >= 0.3 is 0 Å². The molecule has 0 amide bonds. The van der Waals surface area contributed by atoms with E-state index in [2.05, 4.69) is 6.07 Å². The lowest BCUT2D eigenvalue weighted by Gasteiger charge is -1.88. The summed E-state index contributed by atoms with van der Waals surface area (Å²) in [6, 6.07) is 12.1. The van der Waals surface area contributed by atoms with E-state index in [1.54, 1.807) is 13.0 Å². The van der Waals surface area contributed by atoms with Crippen LogP contribution in [0.2, 0.25) is 0 Å². The van der Waals surface area contributed by atoms with Crippen LogP contribution < -0.4 is 0 Å². The number of hydrogen-bond donors (Lipinski definition) is 0. The maximum Gasteiger partial charge on any atom is 0.0944 e. The normalized spacial score (nSPS) is 11.5. The molecule has 64 valence electrons. The topological polar surface area (TPSA) is 23.8 Å². The summed E-state index contributed by atoms with van der Waals surface area (Å²) in [5.74, 6) is 0. The van der Waals surface area contributed by atoms with Crippen LogP contribution in [0.15, 0.2) is 48.1 Å².